The van der Waals surface area contributed by atoms with Crippen LogP contribution in [-0.2, 0) is 6.42 Å². The molecule has 0 amide bonds. The van der Waals surface area contributed by atoms with Crippen molar-refractivity contribution in [2.24, 2.45) is 5.92 Å². The first-order valence-corrected chi connectivity index (χ1v) is 5.58. The van der Waals surface area contributed by atoms with Gasteiger partial charge in [0, 0.05) is 5.02 Å². The number of benzene rings is 1. The molecule has 0 heterocycles. The normalized spacial score (nSPS) is 16.4. The molecule has 1 aromatic carbocycles. The highest BCUT2D eigenvalue weighted by molar-refractivity contribution is 6.31. The molecule has 74 valence electrons. The Hall–Kier alpha value is -0.750. The second kappa shape index (κ2) is 3.78. The van der Waals surface area contributed by atoms with E-state index in [0.29, 0.717) is 5.92 Å². The van der Waals surface area contributed by atoms with Crippen LogP contribution in [0.2, 0.25) is 5.02 Å². The number of hydrogen-bond donors (Lipinski definition) is 0. The molecule has 0 saturated heterocycles. The second-order valence-corrected chi connectivity index (χ2v) is 4.42. The summed E-state index contributed by atoms with van der Waals surface area (Å²) in [5.74, 6) is 0.679. The SMILES string of the molecule is CCC(C)C1=Cc2cccc(Cl)c2C1. The third-order valence-electron chi connectivity index (χ3n) is 3.12. The highest BCUT2D eigenvalue weighted by atomic mass is 35.5. The minimum absolute atomic E-state index is 0.679. The Kier molecular flexibility index (Phi) is 2.64. The average Bonchev–Trinajstić information content (AvgIpc) is 2.62. The molecule has 0 nitrogen and oxygen atoms in total. The van der Waals surface area contributed by atoms with Crippen molar-refractivity contribution < 1.29 is 0 Å². The molecule has 1 atom stereocenters. The molecule has 1 aliphatic carbocycles. The van der Waals surface area contributed by atoms with Crippen LogP contribution in [0.25, 0.3) is 6.08 Å². The quantitative estimate of drug-likeness (QED) is 0.676. The molecule has 1 aliphatic rings. The third kappa shape index (κ3) is 1.59. The number of rotatable bonds is 2. The van der Waals surface area contributed by atoms with E-state index in [9.17, 15) is 0 Å². The Morgan fingerprint density at radius 1 is 1.43 bits per heavy atom. The summed E-state index contributed by atoms with van der Waals surface area (Å²) >= 11 is 6.15. The fourth-order valence-corrected chi connectivity index (χ4v) is 2.18. The summed E-state index contributed by atoms with van der Waals surface area (Å²) in [5.41, 5.74) is 4.15. The van der Waals surface area contributed by atoms with E-state index in [1.165, 1.54) is 23.1 Å². The standard InChI is InChI=1S/C13H15Cl/c1-3-9(2)11-7-10-5-4-6-13(14)12(10)8-11/h4-7,9H,3,8H2,1-2H3. The lowest BCUT2D eigenvalue weighted by atomic mass is 9.97. The maximum absolute atomic E-state index is 6.15. The lowest BCUT2D eigenvalue weighted by Crippen LogP contribution is -1.97. The van der Waals surface area contributed by atoms with Crippen molar-refractivity contribution in [1.29, 1.82) is 0 Å². The van der Waals surface area contributed by atoms with Gasteiger partial charge in [0.2, 0.25) is 0 Å². The zero-order chi connectivity index (χ0) is 10.1. The zero-order valence-corrected chi connectivity index (χ0v) is 9.43. The average molecular weight is 207 g/mol. The number of fused-ring (bicyclic) bond motifs is 1. The van der Waals surface area contributed by atoms with E-state index >= 15 is 0 Å². The first kappa shape index (κ1) is 9.79. The second-order valence-electron chi connectivity index (χ2n) is 4.01. The van der Waals surface area contributed by atoms with Crippen LogP contribution in [0.3, 0.4) is 0 Å². The summed E-state index contributed by atoms with van der Waals surface area (Å²) in [6.45, 7) is 4.52. The fourth-order valence-electron chi connectivity index (χ4n) is 1.93. The monoisotopic (exact) mass is 206 g/mol. The van der Waals surface area contributed by atoms with Crippen molar-refractivity contribution in [2.75, 3.05) is 0 Å². The van der Waals surface area contributed by atoms with Gasteiger partial charge >= 0.3 is 0 Å². The minimum atomic E-state index is 0.679. The molecule has 0 aromatic heterocycles. The van der Waals surface area contributed by atoms with Crippen LogP contribution in [0.5, 0.6) is 0 Å². The molecule has 0 bridgehead atoms. The van der Waals surface area contributed by atoms with Crippen molar-refractivity contribution in [3.63, 3.8) is 0 Å². The number of hydrogen-bond acceptors (Lipinski definition) is 0. The minimum Gasteiger partial charge on any atom is -0.0840 e. The predicted molar refractivity (Wildman–Crippen MR) is 62.6 cm³/mol. The van der Waals surface area contributed by atoms with Crippen LogP contribution in [0, 0.1) is 5.92 Å². The summed E-state index contributed by atoms with van der Waals surface area (Å²) in [4.78, 5) is 0. The van der Waals surface area contributed by atoms with E-state index in [0.717, 1.165) is 11.4 Å². The smallest absolute Gasteiger partial charge is 0.0447 e. The van der Waals surface area contributed by atoms with Gasteiger partial charge in [-0.25, -0.2) is 0 Å². The van der Waals surface area contributed by atoms with Gasteiger partial charge < -0.3 is 0 Å². The van der Waals surface area contributed by atoms with Crippen molar-refractivity contribution in [2.45, 2.75) is 26.7 Å². The van der Waals surface area contributed by atoms with Crippen molar-refractivity contribution in [1.82, 2.24) is 0 Å². The summed E-state index contributed by atoms with van der Waals surface area (Å²) in [5, 5.41) is 0.914. The molecule has 2 rings (SSSR count). The van der Waals surface area contributed by atoms with Gasteiger partial charge in [0.1, 0.15) is 0 Å². The Balaban J connectivity index is 2.32. The van der Waals surface area contributed by atoms with Gasteiger partial charge in [0.15, 0.2) is 0 Å². The van der Waals surface area contributed by atoms with Crippen LogP contribution < -0.4 is 0 Å². The van der Waals surface area contributed by atoms with Gasteiger partial charge in [-0.2, -0.15) is 0 Å². The van der Waals surface area contributed by atoms with E-state index < -0.39 is 0 Å². The molecule has 0 aliphatic heterocycles. The maximum Gasteiger partial charge on any atom is 0.0447 e. The molecule has 1 unspecified atom stereocenters. The van der Waals surface area contributed by atoms with E-state index in [2.05, 4.69) is 26.0 Å². The molecular formula is C13H15Cl. The third-order valence-corrected chi connectivity index (χ3v) is 3.48. The summed E-state index contributed by atoms with van der Waals surface area (Å²) < 4.78 is 0. The van der Waals surface area contributed by atoms with Crippen LogP contribution in [0.4, 0.5) is 0 Å². The Morgan fingerprint density at radius 2 is 2.21 bits per heavy atom. The zero-order valence-electron chi connectivity index (χ0n) is 8.68. The maximum atomic E-state index is 6.15. The summed E-state index contributed by atoms with van der Waals surface area (Å²) in [6.07, 6.45) is 4.55. The van der Waals surface area contributed by atoms with Gasteiger partial charge in [0.05, 0.1) is 0 Å². The molecule has 1 heteroatoms. The van der Waals surface area contributed by atoms with Gasteiger partial charge in [-0.15, -0.1) is 0 Å². The highest BCUT2D eigenvalue weighted by Gasteiger charge is 2.18. The van der Waals surface area contributed by atoms with E-state index in [1.54, 1.807) is 0 Å². The molecule has 14 heavy (non-hydrogen) atoms. The summed E-state index contributed by atoms with van der Waals surface area (Å²) in [6, 6.07) is 6.15. The molecular weight excluding hydrogens is 192 g/mol. The lowest BCUT2D eigenvalue weighted by Gasteiger charge is -2.09. The number of allylic oxidation sites excluding steroid dienone is 1. The van der Waals surface area contributed by atoms with E-state index in [1.807, 2.05) is 12.1 Å². The van der Waals surface area contributed by atoms with Gasteiger partial charge in [-0.05, 0) is 36.0 Å². The topological polar surface area (TPSA) is 0 Å². The van der Waals surface area contributed by atoms with Crippen LogP contribution >= 0.6 is 11.6 Å². The predicted octanol–water partition coefficient (Wildman–Crippen LogP) is 4.33. The van der Waals surface area contributed by atoms with Crippen LogP contribution in [0.15, 0.2) is 23.8 Å². The van der Waals surface area contributed by atoms with E-state index in [-0.39, 0.29) is 0 Å². The van der Waals surface area contributed by atoms with Crippen LogP contribution in [-0.4, -0.2) is 0 Å². The summed E-state index contributed by atoms with van der Waals surface area (Å²) in [7, 11) is 0. The Labute approximate surface area is 90.6 Å². The Morgan fingerprint density at radius 3 is 2.86 bits per heavy atom. The Bertz CT molecular complexity index is 377. The molecule has 1 aromatic rings. The van der Waals surface area contributed by atoms with Gasteiger partial charge in [-0.1, -0.05) is 49.2 Å². The lowest BCUT2D eigenvalue weighted by molar-refractivity contribution is 0.647. The van der Waals surface area contributed by atoms with Gasteiger partial charge in [-0.3, -0.25) is 0 Å². The number of halogens is 1. The molecule has 0 N–H and O–H groups in total. The van der Waals surface area contributed by atoms with E-state index in [4.69, 9.17) is 11.6 Å². The molecule has 0 fully saturated rings. The first-order chi connectivity index (χ1) is 6.72. The highest BCUT2D eigenvalue weighted by Crippen LogP contribution is 2.34. The van der Waals surface area contributed by atoms with Crippen molar-refractivity contribution in [3.05, 3.63) is 39.9 Å². The van der Waals surface area contributed by atoms with Gasteiger partial charge in [0.25, 0.3) is 0 Å². The van der Waals surface area contributed by atoms with Crippen molar-refractivity contribution >= 4 is 17.7 Å². The molecule has 0 radical (unpaired) electrons. The molecule has 0 saturated carbocycles. The van der Waals surface area contributed by atoms with Crippen molar-refractivity contribution in [3.8, 4) is 0 Å². The largest absolute Gasteiger partial charge is 0.0840 e. The fraction of sp³-hybridized carbons (Fsp3) is 0.385. The van der Waals surface area contributed by atoms with Crippen LogP contribution in [0.1, 0.15) is 31.4 Å². The molecule has 0 spiro atoms. The first-order valence-electron chi connectivity index (χ1n) is 5.20.